The van der Waals surface area contributed by atoms with Gasteiger partial charge in [0.05, 0.1) is 16.6 Å². The minimum Gasteiger partial charge on any atom is -0.454 e. The lowest BCUT2D eigenvalue weighted by molar-refractivity contribution is -0.119. The number of carbonyl (C=O) groups is 2. The number of halogens is 2. The van der Waals surface area contributed by atoms with Crippen molar-refractivity contribution >= 4 is 40.8 Å². The maximum atomic E-state index is 12.1. The summed E-state index contributed by atoms with van der Waals surface area (Å²) in [6.45, 7) is 3.87. The molecule has 3 rings (SSSR count). The second kappa shape index (κ2) is 8.26. The minimum atomic E-state index is -0.641. The van der Waals surface area contributed by atoms with E-state index in [4.69, 9.17) is 32.7 Å². The first-order valence-electron chi connectivity index (χ1n) is 8.45. The summed E-state index contributed by atoms with van der Waals surface area (Å²) >= 11 is 12.0. The fourth-order valence-electron chi connectivity index (χ4n) is 2.60. The molecule has 0 atom stereocenters. The first kappa shape index (κ1) is 20.3. The van der Waals surface area contributed by atoms with Gasteiger partial charge in [-0.25, -0.2) is 4.79 Å². The molecule has 148 valence electrons. The van der Waals surface area contributed by atoms with Crippen LogP contribution in [0.2, 0.25) is 10.0 Å². The van der Waals surface area contributed by atoms with E-state index in [0.717, 1.165) is 5.56 Å². The van der Waals surface area contributed by atoms with Gasteiger partial charge in [-0.15, -0.1) is 0 Å². The number of benzene rings is 2. The summed E-state index contributed by atoms with van der Waals surface area (Å²) in [5.41, 5.74) is 0.789. The molecular formula is C19H19Cl2N3O4. The van der Waals surface area contributed by atoms with Gasteiger partial charge < -0.3 is 14.8 Å². The van der Waals surface area contributed by atoms with Crippen molar-refractivity contribution in [3.63, 3.8) is 0 Å². The van der Waals surface area contributed by atoms with Crippen LogP contribution in [0.15, 0.2) is 36.4 Å². The Balaban J connectivity index is 1.51. The third-order valence-electron chi connectivity index (χ3n) is 4.22. The molecule has 0 saturated carbocycles. The van der Waals surface area contributed by atoms with E-state index in [1.165, 1.54) is 0 Å². The molecule has 0 bridgehead atoms. The summed E-state index contributed by atoms with van der Waals surface area (Å²) in [6.07, 6.45) is 0. The predicted octanol–water partition coefficient (Wildman–Crippen LogP) is 3.90. The van der Waals surface area contributed by atoms with Gasteiger partial charge in [-0.1, -0.05) is 29.3 Å². The molecule has 28 heavy (non-hydrogen) atoms. The number of hydrogen-bond acceptors (Lipinski definition) is 5. The molecule has 0 fully saturated rings. The summed E-state index contributed by atoms with van der Waals surface area (Å²) in [4.78, 5) is 24.1. The van der Waals surface area contributed by atoms with Crippen LogP contribution >= 0.6 is 23.2 Å². The maximum Gasteiger partial charge on any atom is 0.325 e. The van der Waals surface area contributed by atoms with E-state index >= 15 is 0 Å². The standard InChI is InChI=1S/C19H19Cl2N3O4/c1-19(2,11-3-5-13(20)14(21)7-11)22-9-17(25)24-18(26)23-12-4-6-15-16(8-12)28-10-27-15/h3-8,22H,9-10H2,1-2H3,(H2,23,24,25,26). The third-order valence-corrected chi connectivity index (χ3v) is 4.95. The zero-order valence-electron chi connectivity index (χ0n) is 15.3. The van der Waals surface area contributed by atoms with E-state index in [2.05, 4.69) is 16.0 Å². The zero-order chi connectivity index (χ0) is 20.3. The third kappa shape index (κ3) is 4.86. The van der Waals surface area contributed by atoms with E-state index in [-0.39, 0.29) is 13.3 Å². The van der Waals surface area contributed by atoms with Gasteiger partial charge in [0.15, 0.2) is 11.5 Å². The molecule has 1 heterocycles. The highest BCUT2D eigenvalue weighted by Gasteiger charge is 2.22. The van der Waals surface area contributed by atoms with Crippen molar-refractivity contribution in [1.82, 2.24) is 10.6 Å². The van der Waals surface area contributed by atoms with Gasteiger partial charge in [0.1, 0.15) is 0 Å². The molecule has 0 unspecified atom stereocenters. The summed E-state index contributed by atoms with van der Waals surface area (Å²) in [5, 5.41) is 8.83. The fourth-order valence-corrected chi connectivity index (χ4v) is 2.89. The van der Waals surface area contributed by atoms with Crippen LogP contribution in [0.1, 0.15) is 19.4 Å². The Kier molecular flexibility index (Phi) is 5.98. The number of hydrogen-bond donors (Lipinski definition) is 3. The summed E-state index contributed by atoms with van der Waals surface area (Å²) < 4.78 is 10.5. The number of ether oxygens (including phenoxy) is 2. The molecule has 3 N–H and O–H groups in total. The average Bonchev–Trinajstić information content (AvgIpc) is 3.10. The van der Waals surface area contributed by atoms with Crippen molar-refractivity contribution in [2.45, 2.75) is 19.4 Å². The summed E-state index contributed by atoms with van der Waals surface area (Å²) in [7, 11) is 0. The Morgan fingerprint density at radius 3 is 2.54 bits per heavy atom. The molecule has 9 heteroatoms. The Labute approximate surface area is 172 Å². The Morgan fingerprint density at radius 2 is 1.79 bits per heavy atom. The number of amides is 3. The lowest BCUT2D eigenvalue weighted by Crippen LogP contribution is -2.45. The second-order valence-corrected chi connectivity index (χ2v) is 7.49. The highest BCUT2D eigenvalue weighted by atomic mass is 35.5. The topological polar surface area (TPSA) is 88.7 Å². The molecule has 0 radical (unpaired) electrons. The molecule has 2 aromatic rings. The van der Waals surface area contributed by atoms with Crippen LogP contribution in [0.25, 0.3) is 0 Å². The number of carbonyl (C=O) groups excluding carboxylic acids is 2. The quantitative estimate of drug-likeness (QED) is 0.678. The van der Waals surface area contributed by atoms with Crippen molar-refractivity contribution < 1.29 is 19.1 Å². The van der Waals surface area contributed by atoms with Gasteiger partial charge in [0.25, 0.3) is 0 Å². The van der Waals surface area contributed by atoms with E-state index in [0.29, 0.717) is 27.2 Å². The lowest BCUT2D eigenvalue weighted by Gasteiger charge is -2.27. The van der Waals surface area contributed by atoms with Crippen LogP contribution < -0.4 is 25.4 Å². The SMILES string of the molecule is CC(C)(NCC(=O)NC(=O)Nc1ccc2c(c1)OCO2)c1ccc(Cl)c(Cl)c1. The van der Waals surface area contributed by atoms with Gasteiger partial charge >= 0.3 is 6.03 Å². The highest BCUT2D eigenvalue weighted by Crippen LogP contribution is 2.34. The number of imide groups is 1. The molecule has 1 aliphatic heterocycles. The number of anilines is 1. The zero-order valence-corrected chi connectivity index (χ0v) is 16.8. The lowest BCUT2D eigenvalue weighted by atomic mass is 9.94. The summed E-state index contributed by atoms with van der Waals surface area (Å²) in [5.74, 6) is 0.663. The second-order valence-electron chi connectivity index (χ2n) is 6.68. The molecule has 2 aromatic carbocycles. The van der Waals surface area contributed by atoms with Gasteiger partial charge in [-0.2, -0.15) is 0 Å². The average molecular weight is 424 g/mol. The van der Waals surface area contributed by atoms with E-state index in [1.807, 2.05) is 19.9 Å². The van der Waals surface area contributed by atoms with Crippen LogP contribution in [-0.4, -0.2) is 25.3 Å². The maximum absolute atomic E-state index is 12.1. The molecule has 0 aliphatic carbocycles. The predicted molar refractivity (Wildman–Crippen MR) is 107 cm³/mol. The van der Waals surface area contributed by atoms with Crippen LogP contribution in [0, 0.1) is 0 Å². The Bertz CT molecular complexity index is 918. The van der Waals surface area contributed by atoms with E-state index < -0.39 is 17.5 Å². The Morgan fingerprint density at radius 1 is 1.04 bits per heavy atom. The van der Waals surface area contributed by atoms with E-state index in [9.17, 15) is 9.59 Å². The molecule has 0 spiro atoms. The normalized spacial score (nSPS) is 12.6. The fraction of sp³-hybridized carbons (Fsp3) is 0.263. The smallest absolute Gasteiger partial charge is 0.325 e. The molecule has 0 aromatic heterocycles. The molecular weight excluding hydrogens is 405 g/mol. The van der Waals surface area contributed by atoms with Gasteiger partial charge in [0, 0.05) is 17.3 Å². The molecule has 7 nitrogen and oxygen atoms in total. The van der Waals surface area contributed by atoms with Crippen LogP contribution in [0.5, 0.6) is 11.5 Å². The number of rotatable bonds is 5. The van der Waals surface area contributed by atoms with Gasteiger partial charge in [-0.05, 0) is 43.7 Å². The molecule has 3 amide bonds. The monoisotopic (exact) mass is 423 g/mol. The minimum absolute atomic E-state index is 0.0677. The van der Waals surface area contributed by atoms with Crippen molar-refractivity contribution in [1.29, 1.82) is 0 Å². The molecule has 0 saturated heterocycles. The van der Waals surface area contributed by atoms with Crippen LogP contribution in [0.3, 0.4) is 0 Å². The van der Waals surface area contributed by atoms with Gasteiger partial charge in [0.2, 0.25) is 12.7 Å². The highest BCUT2D eigenvalue weighted by molar-refractivity contribution is 6.42. The first-order valence-corrected chi connectivity index (χ1v) is 9.21. The first-order chi connectivity index (χ1) is 13.2. The van der Waals surface area contributed by atoms with Gasteiger partial charge in [-0.3, -0.25) is 15.4 Å². The number of urea groups is 1. The number of fused-ring (bicyclic) bond motifs is 1. The number of nitrogens with one attached hydrogen (secondary N) is 3. The van der Waals surface area contributed by atoms with Crippen LogP contribution in [0.4, 0.5) is 10.5 Å². The van der Waals surface area contributed by atoms with Crippen molar-refractivity contribution in [3.8, 4) is 11.5 Å². The van der Waals surface area contributed by atoms with Crippen molar-refractivity contribution in [2.24, 2.45) is 0 Å². The van der Waals surface area contributed by atoms with Crippen LogP contribution in [-0.2, 0) is 10.3 Å². The van der Waals surface area contributed by atoms with Crippen molar-refractivity contribution in [2.75, 3.05) is 18.7 Å². The summed E-state index contributed by atoms with van der Waals surface area (Å²) in [6, 6.07) is 9.58. The van der Waals surface area contributed by atoms with E-state index in [1.54, 1.807) is 30.3 Å². The largest absolute Gasteiger partial charge is 0.454 e. The van der Waals surface area contributed by atoms with Crippen molar-refractivity contribution in [3.05, 3.63) is 52.0 Å². The molecule has 1 aliphatic rings. The Hall–Kier alpha value is -2.48.